The molecule has 7 nitrogen and oxygen atoms in total. The van der Waals surface area contributed by atoms with Gasteiger partial charge in [0.2, 0.25) is 0 Å². The standard InChI is InChI=1S/C18H21N3O4/c1-12-8-13(2)18(14(3)9-12)25-11-16(23)20-19-15(22)10-21-7-5-4-6-17(21)24/h4-9H,10-11H2,1-3H3,(H,19,22)(H,20,23). The third kappa shape index (κ3) is 5.20. The van der Waals surface area contributed by atoms with E-state index in [2.05, 4.69) is 10.9 Å². The minimum atomic E-state index is -0.510. The summed E-state index contributed by atoms with van der Waals surface area (Å²) in [5, 5.41) is 0. The van der Waals surface area contributed by atoms with Crippen molar-refractivity contribution >= 4 is 11.8 Å². The number of hydrazine groups is 1. The van der Waals surface area contributed by atoms with Gasteiger partial charge in [-0.3, -0.25) is 25.2 Å². The van der Waals surface area contributed by atoms with Crippen LogP contribution in [0.1, 0.15) is 16.7 Å². The van der Waals surface area contributed by atoms with Crippen LogP contribution in [0.2, 0.25) is 0 Å². The average Bonchev–Trinajstić information content (AvgIpc) is 2.54. The van der Waals surface area contributed by atoms with Crippen molar-refractivity contribution in [2.45, 2.75) is 27.3 Å². The maximum Gasteiger partial charge on any atom is 0.276 e. The lowest BCUT2D eigenvalue weighted by Gasteiger charge is -2.13. The van der Waals surface area contributed by atoms with Crippen molar-refractivity contribution in [3.8, 4) is 5.75 Å². The molecule has 0 saturated carbocycles. The Morgan fingerprint density at radius 3 is 2.32 bits per heavy atom. The molecule has 0 aliphatic carbocycles. The number of aromatic nitrogens is 1. The smallest absolute Gasteiger partial charge is 0.276 e. The summed E-state index contributed by atoms with van der Waals surface area (Å²) in [6.07, 6.45) is 1.50. The van der Waals surface area contributed by atoms with E-state index in [-0.39, 0.29) is 18.7 Å². The van der Waals surface area contributed by atoms with Crippen LogP contribution in [0, 0.1) is 20.8 Å². The van der Waals surface area contributed by atoms with Crippen LogP contribution in [-0.4, -0.2) is 23.0 Å². The lowest BCUT2D eigenvalue weighted by Crippen LogP contribution is -2.45. The molecule has 0 aliphatic heterocycles. The highest BCUT2D eigenvalue weighted by atomic mass is 16.5. The molecule has 2 amide bonds. The molecule has 1 aromatic carbocycles. The minimum absolute atomic E-state index is 0.184. The van der Waals surface area contributed by atoms with Gasteiger partial charge in [0.1, 0.15) is 12.3 Å². The number of rotatable bonds is 5. The van der Waals surface area contributed by atoms with E-state index in [1.807, 2.05) is 32.9 Å². The van der Waals surface area contributed by atoms with Crippen LogP contribution in [-0.2, 0) is 16.1 Å². The molecule has 0 aliphatic rings. The number of hydrogen-bond donors (Lipinski definition) is 2. The quantitative estimate of drug-likeness (QED) is 0.793. The van der Waals surface area contributed by atoms with E-state index in [0.29, 0.717) is 5.75 Å². The normalized spacial score (nSPS) is 10.2. The van der Waals surface area contributed by atoms with Gasteiger partial charge in [-0.1, -0.05) is 23.8 Å². The van der Waals surface area contributed by atoms with Crippen LogP contribution in [0.4, 0.5) is 0 Å². The van der Waals surface area contributed by atoms with Gasteiger partial charge >= 0.3 is 0 Å². The zero-order valence-corrected chi connectivity index (χ0v) is 14.5. The summed E-state index contributed by atoms with van der Waals surface area (Å²) < 4.78 is 6.77. The number of nitrogens with zero attached hydrogens (tertiary/aromatic N) is 1. The molecule has 25 heavy (non-hydrogen) atoms. The Hall–Kier alpha value is -3.09. The summed E-state index contributed by atoms with van der Waals surface area (Å²) >= 11 is 0. The summed E-state index contributed by atoms with van der Waals surface area (Å²) in [7, 11) is 0. The molecule has 0 bridgehead atoms. The number of carbonyl (C=O) groups excluding carboxylic acids is 2. The molecular weight excluding hydrogens is 322 g/mol. The fourth-order valence-corrected chi connectivity index (χ4v) is 2.49. The predicted octanol–water partition coefficient (Wildman–Crippen LogP) is 1.000. The van der Waals surface area contributed by atoms with Crippen molar-refractivity contribution in [3.63, 3.8) is 0 Å². The number of aryl methyl sites for hydroxylation is 3. The molecule has 0 fully saturated rings. The molecule has 7 heteroatoms. The van der Waals surface area contributed by atoms with Crippen molar-refractivity contribution in [1.29, 1.82) is 0 Å². The highest BCUT2D eigenvalue weighted by Gasteiger charge is 2.10. The van der Waals surface area contributed by atoms with Crippen molar-refractivity contribution in [2.75, 3.05) is 6.61 Å². The van der Waals surface area contributed by atoms with Gasteiger partial charge in [0.25, 0.3) is 17.4 Å². The van der Waals surface area contributed by atoms with E-state index < -0.39 is 11.8 Å². The fourth-order valence-electron chi connectivity index (χ4n) is 2.49. The predicted molar refractivity (Wildman–Crippen MR) is 93.1 cm³/mol. The second kappa shape index (κ2) is 8.14. The van der Waals surface area contributed by atoms with Gasteiger partial charge in [0, 0.05) is 12.3 Å². The zero-order chi connectivity index (χ0) is 18.4. The van der Waals surface area contributed by atoms with Gasteiger partial charge in [-0.25, -0.2) is 0 Å². The second-order valence-corrected chi connectivity index (χ2v) is 5.78. The van der Waals surface area contributed by atoms with Crippen LogP contribution in [0.15, 0.2) is 41.3 Å². The Morgan fingerprint density at radius 1 is 1.04 bits per heavy atom. The maximum absolute atomic E-state index is 11.8. The molecule has 2 N–H and O–H groups in total. The van der Waals surface area contributed by atoms with Gasteiger partial charge in [-0.2, -0.15) is 0 Å². The molecule has 2 aromatic rings. The Labute approximate surface area is 145 Å². The summed E-state index contributed by atoms with van der Waals surface area (Å²) in [4.78, 5) is 35.1. The van der Waals surface area contributed by atoms with Crippen LogP contribution in [0.3, 0.4) is 0 Å². The summed E-state index contributed by atoms with van der Waals surface area (Å²) in [5.74, 6) is -0.347. The fraction of sp³-hybridized carbons (Fsp3) is 0.278. The first-order chi connectivity index (χ1) is 11.9. The van der Waals surface area contributed by atoms with Crippen LogP contribution < -0.4 is 21.1 Å². The molecule has 2 rings (SSSR count). The van der Waals surface area contributed by atoms with Crippen molar-refractivity contribution in [2.24, 2.45) is 0 Å². The second-order valence-electron chi connectivity index (χ2n) is 5.78. The first-order valence-corrected chi connectivity index (χ1v) is 7.80. The third-order valence-corrected chi connectivity index (χ3v) is 3.51. The molecule has 132 valence electrons. The first kappa shape index (κ1) is 18.3. The van der Waals surface area contributed by atoms with Gasteiger partial charge in [-0.15, -0.1) is 0 Å². The lowest BCUT2D eigenvalue weighted by molar-refractivity contribution is -0.130. The van der Waals surface area contributed by atoms with Gasteiger partial charge in [0.15, 0.2) is 6.61 Å². The number of pyridine rings is 1. The van der Waals surface area contributed by atoms with E-state index in [1.54, 1.807) is 12.1 Å². The van der Waals surface area contributed by atoms with Gasteiger partial charge < -0.3 is 9.30 Å². The van der Waals surface area contributed by atoms with Crippen LogP contribution in [0.5, 0.6) is 5.75 Å². The highest BCUT2D eigenvalue weighted by molar-refractivity contribution is 5.82. The number of hydrogen-bond acceptors (Lipinski definition) is 4. The molecular formula is C18H21N3O4. The zero-order valence-electron chi connectivity index (χ0n) is 14.5. The monoisotopic (exact) mass is 343 g/mol. The SMILES string of the molecule is Cc1cc(C)c(OCC(=O)NNC(=O)Cn2ccccc2=O)c(C)c1. The Bertz CT molecular complexity index is 819. The number of nitrogens with one attached hydrogen (secondary N) is 2. The molecule has 1 aromatic heterocycles. The van der Waals surface area contributed by atoms with E-state index >= 15 is 0 Å². The minimum Gasteiger partial charge on any atom is -0.483 e. The Kier molecular flexibility index (Phi) is 5.94. The molecule has 0 radical (unpaired) electrons. The van der Waals surface area contributed by atoms with E-state index in [9.17, 15) is 14.4 Å². The number of carbonyl (C=O) groups is 2. The van der Waals surface area contributed by atoms with E-state index in [1.165, 1.54) is 16.8 Å². The lowest BCUT2D eigenvalue weighted by atomic mass is 10.1. The molecule has 0 unspecified atom stereocenters. The molecule has 0 spiro atoms. The van der Waals surface area contributed by atoms with Gasteiger partial charge in [-0.05, 0) is 38.0 Å². The average molecular weight is 343 g/mol. The largest absolute Gasteiger partial charge is 0.483 e. The summed E-state index contributed by atoms with van der Waals surface area (Å²) in [5.41, 5.74) is 7.23. The van der Waals surface area contributed by atoms with Gasteiger partial charge in [0.05, 0.1) is 0 Å². The molecule has 0 atom stereocenters. The van der Waals surface area contributed by atoms with Crippen molar-refractivity contribution in [1.82, 2.24) is 15.4 Å². The number of amides is 2. The van der Waals surface area contributed by atoms with Crippen molar-refractivity contribution < 1.29 is 14.3 Å². The molecule has 0 saturated heterocycles. The van der Waals surface area contributed by atoms with E-state index in [4.69, 9.17) is 4.74 Å². The summed E-state index contributed by atoms with van der Waals surface area (Å²) in [6.45, 7) is 5.40. The number of benzene rings is 1. The Morgan fingerprint density at radius 2 is 1.68 bits per heavy atom. The summed E-state index contributed by atoms with van der Waals surface area (Å²) in [6, 6.07) is 8.53. The Balaban J connectivity index is 1.82. The first-order valence-electron chi connectivity index (χ1n) is 7.80. The third-order valence-electron chi connectivity index (χ3n) is 3.51. The highest BCUT2D eigenvalue weighted by Crippen LogP contribution is 2.24. The van der Waals surface area contributed by atoms with Crippen LogP contribution in [0.25, 0.3) is 0 Å². The van der Waals surface area contributed by atoms with Crippen molar-refractivity contribution in [3.05, 3.63) is 63.6 Å². The topological polar surface area (TPSA) is 89.4 Å². The maximum atomic E-state index is 11.8. The van der Waals surface area contributed by atoms with E-state index in [0.717, 1.165) is 16.7 Å². The number of ether oxygens (including phenoxy) is 1. The van der Waals surface area contributed by atoms with Crippen LogP contribution >= 0.6 is 0 Å². The molecule has 1 heterocycles.